The van der Waals surface area contributed by atoms with Crippen LogP contribution in [0.25, 0.3) is 11.1 Å². The Morgan fingerprint density at radius 3 is 2.84 bits per heavy atom. The van der Waals surface area contributed by atoms with Crippen LogP contribution < -0.4 is 16.8 Å². The number of anilines is 1. The smallest absolute Gasteiger partial charge is 0.408 e. The van der Waals surface area contributed by atoms with E-state index in [0.717, 1.165) is 24.2 Å². The van der Waals surface area contributed by atoms with Gasteiger partial charge in [-0.3, -0.25) is 4.57 Å². The molecule has 0 saturated carbocycles. The van der Waals surface area contributed by atoms with Crippen LogP contribution in [0.5, 0.6) is 0 Å². The Bertz CT molecular complexity index is 625. The summed E-state index contributed by atoms with van der Waals surface area (Å²) < 4.78 is 6.65. The van der Waals surface area contributed by atoms with Crippen LogP contribution in [-0.4, -0.2) is 17.7 Å². The quantitative estimate of drug-likeness (QED) is 0.864. The Labute approximate surface area is 112 Å². The number of hydrogen-bond acceptors (Lipinski definition) is 4. The molecule has 5 nitrogen and oxygen atoms in total. The molecule has 0 aliphatic rings. The first-order valence-corrected chi connectivity index (χ1v) is 6.46. The first kappa shape index (κ1) is 13.7. The maximum atomic E-state index is 11.4. The van der Waals surface area contributed by atoms with Crippen molar-refractivity contribution >= 4 is 16.8 Å². The standard InChI is InChI=1S/C14H21N3O2/c1-14(2,9-15)6-7-16-10-4-5-11-12(8-10)19-13(18)17(11)3/h4-5,8,16H,6-7,9,15H2,1-3H3. The van der Waals surface area contributed by atoms with Gasteiger partial charge in [0.1, 0.15) is 0 Å². The van der Waals surface area contributed by atoms with Crippen LogP contribution in [0.2, 0.25) is 0 Å². The van der Waals surface area contributed by atoms with E-state index in [2.05, 4.69) is 19.2 Å². The van der Waals surface area contributed by atoms with E-state index >= 15 is 0 Å². The second kappa shape index (κ2) is 5.09. The lowest BCUT2D eigenvalue weighted by atomic mass is 9.90. The number of rotatable bonds is 5. The van der Waals surface area contributed by atoms with Crippen molar-refractivity contribution in [3.05, 3.63) is 28.7 Å². The summed E-state index contributed by atoms with van der Waals surface area (Å²) in [4.78, 5) is 11.4. The number of nitrogens with one attached hydrogen (secondary N) is 1. The van der Waals surface area contributed by atoms with Crippen molar-refractivity contribution in [2.24, 2.45) is 18.2 Å². The molecule has 1 heterocycles. The maximum Gasteiger partial charge on any atom is 0.419 e. The normalized spacial score (nSPS) is 12.0. The molecule has 1 aromatic heterocycles. The Morgan fingerprint density at radius 2 is 2.16 bits per heavy atom. The first-order valence-electron chi connectivity index (χ1n) is 6.46. The van der Waals surface area contributed by atoms with Crippen LogP contribution in [0.1, 0.15) is 20.3 Å². The molecule has 104 valence electrons. The molecule has 2 rings (SSSR count). The first-order chi connectivity index (χ1) is 8.93. The molecular formula is C14H21N3O2. The van der Waals surface area contributed by atoms with Gasteiger partial charge in [-0.05, 0) is 30.5 Å². The predicted molar refractivity (Wildman–Crippen MR) is 77.4 cm³/mol. The molecule has 0 atom stereocenters. The van der Waals surface area contributed by atoms with Crippen LogP contribution >= 0.6 is 0 Å². The molecule has 0 unspecified atom stereocenters. The Balaban J connectivity index is 2.08. The summed E-state index contributed by atoms with van der Waals surface area (Å²) in [6, 6.07) is 5.69. The lowest BCUT2D eigenvalue weighted by Gasteiger charge is -2.22. The van der Waals surface area contributed by atoms with Crippen molar-refractivity contribution in [2.75, 3.05) is 18.4 Å². The zero-order valence-corrected chi connectivity index (χ0v) is 11.7. The van der Waals surface area contributed by atoms with Crippen LogP contribution in [0.15, 0.2) is 27.4 Å². The summed E-state index contributed by atoms with van der Waals surface area (Å²) in [6.07, 6.45) is 0.986. The van der Waals surface area contributed by atoms with Crippen molar-refractivity contribution in [1.29, 1.82) is 0 Å². The third kappa shape index (κ3) is 2.98. The van der Waals surface area contributed by atoms with E-state index < -0.39 is 0 Å². The second-order valence-electron chi connectivity index (χ2n) is 5.65. The van der Waals surface area contributed by atoms with Crippen LogP contribution in [-0.2, 0) is 7.05 Å². The Kier molecular flexibility index (Phi) is 3.66. The molecule has 0 fully saturated rings. The Hall–Kier alpha value is -1.75. The number of aromatic nitrogens is 1. The molecule has 0 saturated heterocycles. The number of nitrogens with two attached hydrogens (primary N) is 1. The van der Waals surface area contributed by atoms with Gasteiger partial charge in [0.25, 0.3) is 0 Å². The highest BCUT2D eigenvalue weighted by Crippen LogP contribution is 2.20. The van der Waals surface area contributed by atoms with Crippen LogP contribution in [0, 0.1) is 5.41 Å². The van der Waals surface area contributed by atoms with E-state index in [-0.39, 0.29) is 11.2 Å². The molecule has 0 aliphatic carbocycles. The van der Waals surface area contributed by atoms with Crippen LogP contribution in [0.4, 0.5) is 5.69 Å². The molecule has 0 radical (unpaired) electrons. The van der Waals surface area contributed by atoms with Gasteiger partial charge in [-0.15, -0.1) is 0 Å². The zero-order chi connectivity index (χ0) is 14.0. The largest absolute Gasteiger partial charge is 0.419 e. The van der Waals surface area contributed by atoms with E-state index in [1.807, 2.05) is 18.2 Å². The highest BCUT2D eigenvalue weighted by molar-refractivity contribution is 5.77. The number of benzene rings is 1. The van der Waals surface area contributed by atoms with Crippen molar-refractivity contribution in [3.63, 3.8) is 0 Å². The third-order valence-corrected chi connectivity index (χ3v) is 3.48. The molecule has 0 spiro atoms. The minimum Gasteiger partial charge on any atom is -0.408 e. The van der Waals surface area contributed by atoms with E-state index in [9.17, 15) is 4.79 Å². The highest BCUT2D eigenvalue weighted by Gasteiger charge is 2.14. The number of fused-ring (bicyclic) bond motifs is 1. The van der Waals surface area contributed by atoms with Crippen molar-refractivity contribution in [1.82, 2.24) is 4.57 Å². The average Bonchev–Trinajstić information content (AvgIpc) is 2.65. The van der Waals surface area contributed by atoms with Gasteiger partial charge < -0.3 is 15.5 Å². The summed E-state index contributed by atoms with van der Waals surface area (Å²) >= 11 is 0. The predicted octanol–water partition coefficient (Wildman–Crippen LogP) is 1.92. The minimum atomic E-state index is -0.337. The van der Waals surface area contributed by atoms with Crippen molar-refractivity contribution < 1.29 is 4.42 Å². The molecule has 5 heteroatoms. The Morgan fingerprint density at radius 1 is 1.42 bits per heavy atom. The third-order valence-electron chi connectivity index (χ3n) is 3.48. The monoisotopic (exact) mass is 263 g/mol. The summed E-state index contributed by atoms with van der Waals surface area (Å²) in [5, 5.41) is 3.33. The van der Waals surface area contributed by atoms with Gasteiger partial charge in [0.2, 0.25) is 0 Å². The van der Waals surface area contributed by atoms with E-state index in [1.54, 1.807) is 7.05 Å². The van der Waals surface area contributed by atoms with Crippen molar-refractivity contribution in [2.45, 2.75) is 20.3 Å². The molecule has 0 amide bonds. The average molecular weight is 263 g/mol. The number of nitrogens with zero attached hydrogens (tertiary/aromatic N) is 1. The number of oxazole rings is 1. The fourth-order valence-electron chi connectivity index (χ4n) is 1.89. The highest BCUT2D eigenvalue weighted by atomic mass is 16.4. The molecule has 1 aromatic carbocycles. The summed E-state index contributed by atoms with van der Waals surface area (Å²) in [5.41, 5.74) is 8.20. The molecule has 19 heavy (non-hydrogen) atoms. The van der Waals surface area contributed by atoms with Gasteiger partial charge in [0.15, 0.2) is 5.58 Å². The van der Waals surface area contributed by atoms with Gasteiger partial charge in [-0.2, -0.15) is 0 Å². The molecule has 2 aromatic rings. The summed E-state index contributed by atoms with van der Waals surface area (Å²) in [7, 11) is 1.70. The van der Waals surface area contributed by atoms with Gasteiger partial charge in [0, 0.05) is 25.3 Å². The van der Waals surface area contributed by atoms with Gasteiger partial charge in [0.05, 0.1) is 5.52 Å². The fourth-order valence-corrected chi connectivity index (χ4v) is 1.89. The number of hydrogen-bond donors (Lipinski definition) is 2. The van der Waals surface area contributed by atoms with Gasteiger partial charge in [-0.25, -0.2) is 4.79 Å². The van der Waals surface area contributed by atoms with E-state index in [1.165, 1.54) is 4.57 Å². The molecule has 0 bridgehead atoms. The SMILES string of the molecule is Cn1c(=O)oc2cc(NCCC(C)(C)CN)ccc21. The lowest BCUT2D eigenvalue weighted by Crippen LogP contribution is -2.26. The molecular weight excluding hydrogens is 242 g/mol. The lowest BCUT2D eigenvalue weighted by molar-refractivity contribution is 0.358. The molecule has 3 N–H and O–H groups in total. The number of aryl methyl sites for hydroxylation is 1. The topological polar surface area (TPSA) is 73.2 Å². The van der Waals surface area contributed by atoms with Gasteiger partial charge in [-0.1, -0.05) is 13.8 Å². The minimum absolute atomic E-state index is 0.135. The summed E-state index contributed by atoms with van der Waals surface area (Å²) in [5.74, 6) is -0.337. The second-order valence-corrected chi connectivity index (χ2v) is 5.65. The maximum absolute atomic E-state index is 11.4. The fraction of sp³-hybridized carbons (Fsp3) is 0.500. The molecule has 0 aliphatic heterocycles. The van der Waals surface area contributed by atoms with Crippen LogP contribution in [0.3, 0.4) is 0 Å². The summed E-state index contributed by atoms with van der Waals surface area (Å²) in [6.45, 7) is 5.80. The van der Waals surface area contributed by atoms with Crippen molar-refractivity contribution in [3.8, 4) is 0 Å². The van der Waals surface area contributed by atoms with Gasteiger partial charge >= 0.3 is 5.76 Å². The zero-order valence-electron chi connectivity index (χ0n) is 11.7. The van der Waals surface area contributed by atoms with E-state index in [4.69, 9.17) is 10.2 Å². The van der Waals surface area contributed by atoms with E-state index in [0.29, 0.717) is 12.1 Å².